The summed E-state index contributed by atoms with van der Waals surface area (Å²) in [6.45, 7) is 1.88. The fraction of sp³-hybridized carbons (Fsp3) is 0.0909. The van der Waals surface area contributed by atoms with E-state index in [4.69, 9.17) is 11.6 Å². The zero-order valence-corrected chi connectivity index (χ0v) is 9.38. The molecule has 0 aromatic carbocycles. The summed E-state index contributed by atoms with van der Waals surface area (Å²) in [5.41, 5.74) is 1.32. The molecule has 0 aliphatic carbocycles. The Kier molecular flexibility index (Phi) is 2.92. The number of pyridine rings is 1. The van der Waals surface area contributed by atoms with Crippen molar-refractivity contribution >= 4 is 23.3 Å². The zero-order valence-electron chi connectivity index (χ0n) is 8.62. The lowest BCUT2D eigenvalue weighted by Gasteiger charge is -2.05. The molecule has 0 saturated carbocycles. The van der Waals surface area contributed by atoms with Gasteiger partial charge in [0.15, 0.2) is 0 Å². The molecule has 16 heavy (non-hydrogen) atoms. The van der Waals surface area contributed by atoms with Gasteiger partial charge < -0.3 is 10.3 Å². The molecule has 0 aliphatic heterocycles. The van der Waals surface area contributed by atoms with Crippen LogP contribution in [0.15, 0.2) is 30.6 Å². The minimum atomic E-state index is -0.256. The van der Waals surface area contributed by atoms with Crippen molar-refractivity contribution in [3.63, 3.8) is 0 Å². The lowest BCUT2D eigenvalue weighted by Crippen LogP contribution is -2.14. The van der Waals surface area contributed by atoms with Crippen LogP contribution in [0, 0.1) is 6.92 Å². The second kappa shape index (κ2) is 4.37. The number of carbonyl (C=O) groups excluding carboxylic acids is 1. The van der Waals surface area contributed by atoms with E-state index < -0.39 is 0 Å². The number of aromatic nitrogens is 2. The summed E-state index contributed by atoms with van der Waals surface area (Å²) in [6.07, 6.45) is 3.19. The molecule has 0 fully saturated rings. The number of anilines is 1. The largest absolute Gasteiger partial charge is 0.356 e. The normalized spacial score (nSPS) is 10.1. The maximum atomic E-state index is 11.7. The van der Waals surface area contributed by atoms with Crippen molar-refractivity contribution in [3.05, 3.63) is 46.9 Å². The van der Waals surface area contributed by atoms with Crippen LogP contribution in [0.3, 0.4) is 0 Å². The minimum Gasteiger partial charge on any atom is -0.356 e. The van der Waals surface area contributed by atoms with Crippen LogP contribution in [0.1, 0.15) is 16.1 Å². The lowest BCUT2D eigenvalue weighted by molar-refractivity contribution is 0.102. The quantitative estimate of drug-likeness (QED) is 0.841. The first-order valence-electron chi connectivity index (χ1n) is 4.73. The van der Waals surface area contributed by atoms with Crippen molar-refractivity contribution in [1.29, 1.82) is 0 Å². The van der Waals surface area contributed by atoms with Crippen molar-refractivity contribution < 1.29 is 4.79 Å². The van der Waals surface area contributed by atoms with Gasteiger partial charge >= 0.3 is 0 Å². The maximum absolute atomic E-state index is 11.7. The van der Waals surface area contributed by atoms with Crippen molar-refractivity contribution in [3.8, 4) is 0 Å². The monoisotopic (exact) mass is 235 g/mol. The number of rotatable bonds is 2. The minimum absolute atomic E-state index is 0.256. The van der Waals surface area contributed by atoms with Crippen LogP contribution >= 0.6 is 11.6 Å². The number of carbonyl (C=O) groups is 1. The Balaban J connectivity index is 2.17. The second-order valence-corrected chi connectivity index (χ2v) is 3.79. The number of hydrogen-bond donors (Lipinski definition) is 2. The number of nitrogens with one attached hydrogen (secondary N) is 2. The van der Waals surface area contributed by atoms with Gasteiger partial charge in [0.05, 0.1) is 5.02 Å². The molecule has 82 valence electrons. The Morgan fingerprint density at radius 2 is 2.38 bits per heavy atom. The molecule has 2 heterocycles. The lowest BCUT2D eigenvalue weighted by atomic mass is 10.3. The van der Waals surface area contributed by atoms with Gasteiger partial charge in [0.1, 0.15) is 11.5 Å². The van der Waals surface area contributed by atoms with Crippen molar-refractivity contribution in [2.75, 3.05) is 5.32 Å². The van der Waals surface area contributed by atoms with Crippen LogP contribution < -0.4 is 5.32 Å². The molecule has 0 aliphatic rings. The van der Waals surface area contributed by atoms with Crippen LogP contribution in [-0.4, -0.2) is 15.9 Å². The molecule has 0 saturated heterocycles. The summed E-state index contributed by atoms with van der Waals surface area (Å²) in [6, 6.07) is 5.26. The van der Waals surface area contributed by atoms with E-state index in [0.717, 1.165) is 5.56 Å². The number of amides is 1. The number of aromatic amines is 1. The number of H-pyrrole nitrogens is 1. The fourth-order valence-corrected chi connectivity index (χ4v) is 1.45. The molecule has 4 nitrogen and oxygen atoms in total. The Morgan fingerprint density at radius 3 is 3.00 bits per heavy atom. The first-order valence-corrected chi connectivity index (χ1v) is 5.11. The smallest absolute Gasteiger partial charge is 0.273 e. The van der Waals surface area contributed by atoms with Crippen molar-refractivity contribution in [2.24, 2.45) is 0 Å². The molecule has 0 spiro atoms. The van der Waals surface area contributed by atoms with Crippen molar-refractivity contribution in [2.45, 2.75) is 6.92 Å². The molecular formula is C11H10ClN3O. The summed E-state index contributed by atoms with van der Waals surface area (Å²) >= 11 is 5.71. The molecule has 2 aromatic rings. The Hall–Kier alpha value is -1.81. The molecule has 2 N–H and O–H groups in total. The third-order valence-electron chi connectivity index (χ3n) is 2.13. The van der Waals surface area contributed by atoms with E-state index in [1.54, 1.807) is 18.5 Å². The predicted octanol–water partition coefficient (Wildman–Crippen LogP) is 2.62. The highest BCUT2D eigenvalue weighted by atomic mass is 35.5. The van der Waals surface area contributed by atoms with Gasteiger partial charge in [-0.2, -0.15) is 0 Å². The number of halogens is 1. The Morgan fingerprint density at radius 1 is 1.56 bits per heavy atom. The van der Waals surface area contributed by atoms with E-state index in [9.17, 15) is 4.79 Å². The van der Waals surface area contributed by atoms with Crippen LogP contribution in [0.25, 0.3) is 0 Å². The van der Waals surface area contributed by atoms with Crippen LogP contribution in [0.5, 0.6) is 0 Å². The topological polar surface area (TPSA) is 57.8 Å². The maximum Gasteiger partial charge on any atom is 0.273 e. The van der Waals surface area contributed by atoms with Crippen LogP contribution in [0.4, 0.5) is 5.82 Å². The van der Waals surface area contributed by atoms with E-state index in [0.29, 0.717) is 16.5 Å². The molecule has 0 atom stereocenters. The molecule has 0 radical (unpaired) electrons. The average Bonchev–Trinajstić information content (AvgIpc) is 2.68. The molecule has 2 aromatic heterocycles. The van der Waals surface area contributed by atoms with Gasteiger partial charge in [-0.15, -0.1) is 0 Å². The van der Waals surface area contributed by atoms with E-state index in [2.05, 4.69) is 15.3 Å². The van der Waals surface area contributed by atoms with E-state index in [-0.39, 0.29) is 5.91 Å². The number of hydrogen-bond acceptors (Lipinski definition) is 2. The number of nitrogens with zero attached hydrogens (tertiary/aromatic N) is 1. The molecule has 2 rings (SSSR count). The summed E-state index contributed by atoms with van der Waals surface area (Å²) in [5, 5.41) is 3.20. The van der Waals surface area contributed by atoms with Gasteiger partial charge in [0.25, 0.3) is 5.91 Å². The molecule has 0 bridgehead atoms. The zero-order chi connectivity index (χ0) is 11.5. The summed E-state index contributed by atoms with van der Waals surface area (Å²) < 4.78 is 0. The summed E-state index contributed by atoms with van der Waals surface area (Å²) in [4.78, 5) is 18.6. The summed E-state index contributed by atoms with van der Waals surface area (Å²) in [7, 11) is 0. The second-order valence-electron chi connectivity index (χ2n) is 3.35. The van der Waals surface area contributed by atoms with Crippen molar-refractivity contribution in [1.82, 2.24) is 9.97 Å². The van der Waals surface area contributed by atoms with Gasteiger partial charge in [-0.3, -0.25) is 4.79 Å². The molecule has 5 heteroatoms. The third kappa shape index (κ3) is 2.23. The fourth-order valence-electron chi connectivity index (χ4n) is 1.29. The highest BCUT2D eigenvalue weighted by Crippen LogP contribution is 2.13. The molecular weight excluding hydrogens is 226 g/mol. The van der Waals surface area contributed by atoms with Gasteiger partial charge in [-0.25, -0.2) is 4.98 Å². The molecule has 0 unspecified atom stereocenters. The van der Waals surface area contributed by atoms with Gasteiger partial charge in [0, 0.05) is 12.4 Å². The highest BCUT2D eigenvalue weighted by molar-refractivity contribution is 6.31. The van der Waals surface area contributed by atoms with Gasteiger partial charge in [-0.05, 0) is 24.6 Å². The van der Waals surface area contributed by atoms with Crippen LogP contribution in [0.2, 0.25) is 5.02 Å². The van der Waals surface area contributed by atoms with Gasteiger partial charge in [-0.1, -0.05) is 17.7 Å². The van der Waals surface area contributed by atoms with Crippen LogP contribution in [-0.2, 0) is 0 Å². The average molecular weight is 236 g/mol. The first-order chi connectivity index (χ1) is 7.66. The van der Waals surface area contributed by atoms with E-state index in [1.807, 2.05) is 19.1 Å². The SMILES string of the molecule is Cc1cccnc1NC(=O)c1cc(Cl)c[nH]1. The highest BCUT2D eigenvalue weighted by Gasteiger charge is 2.09. The summed E-state index contributed by atoms with van der Waals surface area (Å²) in [5.74, 6) is 0.298. The van der Waals surface area contributed by atoms with E-state index in [1.165, 1.54) is 0 Å². The Bertz CT molecular complexity index is 521. The van der Waals surface area contributed by atoms with Gasteiger partial charge in [0.2, 0.25) is 0 Å². The van der Waals surface area contributed by atoms with E-state index >= 15 is 0 Å². The standard InChI is InChI=1S/C11H10ClN3O/c1-7-3-2-4-13-10(7)15-11(16)9-5-8(12)6-14-9/h2-6,14H,1H3,(H,13,15,16). The number of aryl methyl sites for hydroxylation is 1. The first kappa shape index (κ1) is 10.7. The predicted molar refractivity (Wildman–Crippen MR) is 62.7 cm³/mol. The molecule has 1 amide bonds. The Labute approximate surface area is 97.7 Å². The third-order valence-corrected chi connectivity index (χ3v) is 2.35.